The number of likely N-dealkylation sites (tertiary alicyclic amines) is 2. The Hall–Kier alpha value is -1.18. The fourth-order valence-corrected chi connectivity index (χ4v) is 4.18. The van der Waals surface area contributed by atoms with Gasteiger partial charge in [-0.25, -0.2) is 9.97 Å². The van der Waals surface area contributed by atoms with Gasteiger partial charge < -0.3 is 14.9 Å². The van der Waals surface area contributed by atoms with Crippen LogP contribution in [0.3, 0.4) is 0 Å². The summed E-state index contributed by atoms with van der Waals surface area (Å²) in [7, 11) is 0. The van der Waals surface area contributed by atoms with E-state index in [1.54, 1.807) is 6.20 Å². The van der Waals surface area contributed by atoms with Crippen molar-refractivity contribution >= 4 is 17.7 Å². The number of amides is 1. The molecule has 2 aliphatic rings. The molecule has 2 fully saturated rings. The third-order valence-corrected chi connectivity index (χ3v) is 5.71. The van der Waals surface area contributed by atoms with Crippen LogP contribution in [-0.4, -0.2) is 74.9 Å². The maximum absolute atomic E-state index is 12.4. The van der Waals surface area contributed by atoms with Crippen LogP contribution >= 0.6 is 11.8 Å². The number of aromatic nitrogens is 2. The number of aryl methyl sites for hydroxylation is 1. The van der Waals surface area contributed by atoms with Gasteiger partial charge in [0.25, 0.3) is 0 Å². The van der Waals surface area contributed by atoms with Gasteiger partial charge in [0.05, 0.1) is 11.4 Å². The number of thioether (sulfide) groups is 1. The zero-order valence-electron chi connectivity index (χ0n) is 14.3. The minimum absolute atomic E-state index is 0.105. The molecule has 1 N–H and O–H groups in total. The molecule has 0 spiro atoms. The number of hydrogen-bond donors (Lipinski definition) is 1. The van der Waals surface area contributed by atoms with Crippen molar-refractivity contribution in [3.05, 3.63) is 18.0 Å². The van der Waals surface area contributed by atoms with E-state index in [0.29, 0.717) is 36.8 Å². The molecular formula is C17H26N4O2S. The predicted octanol–water partition coefficient (Wildman–Crippen LogP) is 1.33. The standard InChI is InChI=1S/C17H26N4O2S/c1-14-4-7-18-16(19-14)24-12-15(22)21-10-5-17(23,6-11-21)13-20-8-2-3-9-20/h4,7,23H,2-3,5-6,8-13H2,1H3. The second kappa shape index (κ2) is 7.80. The highest BCUT2D eigenvalue weighted by atomic mass is 32.2. The van der Waals surface area contributed by atoms with Crippen molar-refractivity contribution in [2.24, 2.45) is 0 Å². The fraction of sp³-hybridized carbons (Fsp3) is 0.706. The first-order valence-electron chi connectivity index (χ1n) is 8.69. The zero-order valence-corrected chi connectivity index (χ0v) is 15.1. The summed E-state index contributed by atoms with van der Waals surface area (Å²) in [5.74, 6) is 0.460. The summed E-state index contributed by atoms with van der Waals surface area (Å²) in [5, 5.41) is 11.4. The maximum atomic E-state index is 12.4. The molecule has 7 heteroatoms. The van der Waals surface area contributed by atoms with Crippen LogP contribution in [-0.2, 0) is 4.79 Å². The van der Waals surface area contributed by atoms with Crippen molar-refractivity contribution < 1.29 is 9.90 Å². The second-order valence-corrected chi connectivity index (χ2v) is 7.80. The molecule has 0 bridgehead atoms. The monoisotopic (exact) mass is 350 g/mol. The lowest BCUT2D eigenvalue weighted by atomic mass is 9.91. The third-order valence-electron chi connectivity index (χ3n) is 4.86. The van der Waals surface area contributed by atoms with Gasteiger partial charge in [0.15, 0.2) is 5.16 Å². The van der Waals surface area contributed by atoms with Crippen LogP contribution in [0.5, 0.6) is 0 Å². The molecule has 132 valence electrons. The summed E-state index contributed by atoms with van der Waals surface area (Å²) >= 11 is 1.38. The molecule has 0 aromatic carbocycles. The Balaban J connectivity index is 1.44. The van der Waals surface area contributed by atoms with E-state index in [9.17, 15) is 9.90 Å². The van der Waals surface area contributed by atoms with Crippen LogP contribution < -0.4 is 0 Å². The first-order valence-corrected chi connectivity index (χ1v) is 9.68. The number of β-amino-alcohol motifs (C(OH)–C–C–N with tert-alkyl or cyclic N) is 1. The molecule has 0 radical (unpaired) electrons. The zero-order chi connectivity index (χ0) is 17.0. The summed E-state index contributed by atoms with van der Waals surface area (Å²) in [6, 6.07) is 1.84. The number of piperidine rings is 1. The lowest BCUT2D eigenvalue weighted by Gasteiger charge is -2.40. The molecule has 0 aliphatic carbocycles. The van der Waals surface area contributed by atoms with Crippen LogP contribution in [0.15, 0.2) is 17.4 Å². The van der Waals surface area contributed by atoms with Crippen molar-refractivity contribution in [2.45, 2.75) is 43.4 Å². The van der Waals surface area contributed by atoms with Crippen LogP contribution in [0, 0.1) is 6.92 Å². The normalized spacial score (nSPS) is 21.2. The Morgan fingerprint density at radius 2 is 2.00 bits per heavy atom. The van der Waals surface area contributed by atoms with Gasteiger partial charge in [-0.3, -0.25) is 4.79 Å². The number of carbonyl (C=O) groups is 1. The van der Waals surface area contributed by atoms with E-state index in [1.165, 1.54) is 24.6 Å². The van der Waals surface area contributed by atoms with E-state index in [1.807, 2.05) is 17.9 Å². The molecule has 2 aliphatic heterocycles. The Labute approximate surface area is 147 Å². The molecule has 0 unspecified atom stereocenters. The Morgan fingerprint density at radius 3 is 2.67 bits per heavy atom. The van der Waals surface area contributed by atoms with Gasteiger partial charge in [0.1, 0.15) is 0 Å². The second-order valence-electron chi connectivity index (χ2n) is 6.86. The molecule has 1 amide bonds. The average Bonchev–Trinajstić information content (AvgIpc) is 3.06. The smallest absolute Gasteiger partial charge is 0.233 e. The van der Waals surface area contributed by atoms with Gasteiger partial charge in [-0.1, -0.05) is 11.8 Å². The van der Waals surface area contributed by atoms with Crippen LogP contribution in [0.4, 0.5) is 0 Å². The minimum atomic E-state index is -0.631. The first-order chi connectivity index (χ1) is 11.5. The highest BCUT2D eigenvalue weighted by molar-refractivity contribution is 7.99. The molecule has 3 heterocycles. The van der Waals surface area contributed by atoms with E-state index in [0.717, 1.165) is 25.3 Å². The molecule has 1 aromatic heterocycles. The number of rotatable bonds is 5. The van der Waals surface area contributed by atoms with Crippen LogP contribution in [0.25, 0.3) is 0 Å². The number of aliphatic hydroxyl groups is 1. The van der Waals surface area contributed by atoms with Gasteiger partial charge in [-0.15, -0.1) is 0 Å². The third kappa shape index (κ3) is 4.68. The van der Waals surface area contributed by atoms with E-state index in [2.05, 4.69) is 14.9 Å². The maximum Gasteiger partial charge on any atom is 0.233 e. The molecular weight excluding hydrogens is 324 g/mol. The summed E-state index contributed by atoms with van der Waals surface area (Å²) in [6.45, 7) is 6.13. The van der Waals surface area contributed by atoms with E-state index in [-0.39, 0.29) is 5.91 Å². The highest BCUT2D eigenvalue weighted by Gasteiger charge is 2.35. The number of hydrogen-bond acceptors (Lipinski definition) is 6. The number of nitrogens with zero attached hydrogens (tertiary/aromatic N) is 4. The lowest BCUT2D eigenvalue weighted by molar-refractivity contribution is -0.133. The van der Waals surface area contributed by atoms with Gasteiger partial charge in [0.2, 0.25) is 5.91 Å². The Bertz CT molecular complexity index is 569. The van der Waals surface area contributed by atoms with E-state index >= 15 is 0 Å². The molecule has 3 rings (SSSR count). The van der Waals surface area contributed by atoms with Gasteiger partial charge in [-0.2, -0.15) is 0 Å². The minimum Gasteiger partial charge on any atom is -0.388 e. The molecule has 2 saturated heterocycles. The fourth-order valence-electron chi connectivity index (χ4n) is 3.40. The summed E-state index contributed by atoms with van der Waals surface area (Å²) < 4.78 is 0. The molecule has 6 nitrogen and oxygen atoms in total. The Morgan fingerprint density at radius 1 is 1.29 bits per heavy atom. The first kappa shape index (κ1) is 17.6. The Kier molecular flexibility index (Phi) is 5.73. The van der Waals surface area contributed by atoms with E-state index in [4.69, 9.17) is 0 Å². The van der Waals surface area contributed by atoms with Crippen molar-refractivity contribution in [2.75, 3.05) is 38.5 Å². The summed E-state index contributed by atoms with van der Waals surface area (Å²) in [6.07, 6.45) is 5.52. The number of carbonyl (C=O) groups excluding carboxylic acids is 1. The quantitative estimate of drug-likeness (QED) is 0.638. The van der Waals surface area contributed by atoms with Crippen molar-refractivity contribution in [3.63, 3.8) is 0 Å². The van der Waals surface area contributed by atoms with Gasteiger partial charge in [-0.05, 0) is 51.8 Å². The summed E-state index contributed by atoms with van der Waals surface area (Å²) in [5.41, 5.74) is 0.276. The summed E-state index contributed by atoms with van der Waals surface area (Å²) in [4.78, 5) is 25.1. The average molecular weight is 350 g/mol. The topological polar surface area (TPSA) is 69.6 Å². The van der Waals surface area contributed by atoms with Crippen molar-refractivity contribution in [1.82, 2.24) is 19.8 Å². The molecule has 24 heavy (non-hydrogen) atoms. The van der Waals surface area contributed by atoms with Gasteiger partial charge in [0, 0.05) is 31.5 Å². The lowest BCUT2D eigenvalue weighted by Crippen LogP contribution is -2.52. The molecule has 1 aromatic rings. The van der Waals surface area contributed by atoms with E-state index < -0.39 is 5.60 Å². The van der Waals surface area contributed by atoms with Gasteiger partial charge >= 0.3 is 0 Å². The SMILES string of the molecule is Cc1ccnc(SCC(=O)N2CCC(O)(CN3CCCC3)CC2)n1. The van der Waals surface area contributed by atoms with Crippen molar-refractivity contribution in [1.29, 1.82) is 0 Å². The molecule has 0 saturated carbocycles. The predicted molar refractivity (Wildman–Crippen MR) is 93.9 cm³/mol. The largest absolute Gasteiger partial charge is 0.388 e. The van der Waals surface area contributed by atoms with Crippen molar-refractivity contribution in [3.8, 4) is 0 Å². The van der Waals surface area contributed by atoms with Crippen LogP contribution in [0.2, 0.25) is 0 Å². The highest BCUT2D eigenvalue weighted by Crippen LogP contribution is 2.25. The molecule has 0 atom stereocenters. The van der Waals surface area contributed by atoms with Crippen LogP contribution in [0.1, 0.15) is 31.4 Å².